The largest absolute Gasteiger partial charge is 0.479 e. The van der Waals surface area contributed by atoms with Gasteiger partial charge in [-0.1, -0.05) is 60.7 Å². The zero-order valence-corrected chi connectivity index (χ0v) is 17.1. The number of aliphatic hydroxyl groups is 1. The van der Waals surface area contributed by atoms with Crippen LogP contribution in [0.25, 0.3) is 0 Å². The average Bonchev–Trinajstić information content (AvgIpc) is 2.77. The lowest BCUT2D eigenvalue weighted by Gasteiger charge is -2.29. The number of aliphatic carboxylic acids is 1. The van der Waals surface area contributed by atoms with Crippen molar-refractivity contribution >= 4 is 23.8 Å². The van der Waals surface area contributed by atoms with Crippen LogP contribution in [0.2, 0.25) is 0 Å². The van der Waals surface area contributed by atoms with Gasteiger partial charge in [0.15, 0.2) is 6.10 Å². The first-order valence-corrected chi connectivity index (χ1v) is 9.71. The van der Waals surface area contributed by atoms with Gasteiger partial charge in [0.2, 0.25) is 11.8 Å². The molecule has 4 atom stereocenters. The molecule has 2 amide bonds. The molecule has 0 bridgehead atoms. The third kappa shape index (κ3) is 6.89. The van der Waals surface area contributed by atoms with E-state index in [1.807, 2.05) is 0 Å². The standard InChI is InChI=1S/C22H25N3O7/c23-15(11-16(24)26)20(28)25-18(14-9-5-2-6-10-14)17(19(27)21(29)30)22(31)32-12-13-7-3-1-4-8-13/h1-10,15,17-19,27H,11-12,23H2,(H2,24,26)(H,25,28)(H,29,30)/t15-,17+,18?,19+/m1/s1. The van der Waals surface area contributed by atoms with Crippen LogP contribution in [-0.2, 0) is 30.5 Å². The first-order valence-electron chi connectivity index (χ1n) is 9.71. The first kappa shape index (κ1) is 24.5. The van der Waals surface area contributed by atoms with E-state index >= 15 is 0 Å². The van der Waals surface area contributed by atoms with Gasteiger partial charge in [-0.05, 0) is 11.1 Å². The molecule has 2 aromatic rings. The Morgan fingerprint density at radius 3 is 2.06 bits per heavy atom. The summed E-state index contributed by atoms with van der Waals surface area (Å²) in [6, 6.07) is 14.0. The fraction of sp³-hybridized carbons (Fsp3) is 0.273. The lowest BCUT2D eigenvalue weighted by atomic mass is 9.88. The van der Waals surface area contributed by atoms with Crippen molar-refractivity contribution < 1.29 is 34.1 Å². The van der Waals surface area contributed by atoms with Crippen LogP contribution in [0.3, 0.4) is 0 Å². The van der Waals surface area contributed by atoms with Gasteiger partial charge in [-0.15, -0.1) is 0 Å². The van der Waals surface area contributed by atoms with Gasteiger partial charge < -0.3 is 31.7 Å². The maximum atomic E-state index is 12.9. The Morgan fingerprint density at radius 1 is 0.969 bits per heavy atom. The lowest BCUT2D eigenvalue weighted by Crippen LogP contribution is -2.50. The summed E-state index contributed by atoms with van der Waals surface area (Å²) in [5, 5.41) is 22.2. The molecule has 0 aliphatic rings. The molecule has 10 heteroatoms. The highest BCUT2D eigenvalue weighted by atomic mass is 16.5. The topological polar surface area (TPSA) is 182 Å². The molecule has 2 rings (SSSR count). The van der Waals surface area contributed by atoms with Crippen LogP contribution in [0.1, 0.15) is 23.6 Å². The molecule has 0 aliphatic carbocycles. The molecule has 2 aromatic carbocycles. The number of carboxylic acid groups (broad SMARTS) is 1. The predicted molar refractivity (Wildman–Crippen MR) is 112 cm³/mol. The molecule has 0 heterocycles. The Hall–Kier alpha value is -3.76. The van der Waals surface area contributed by atoms with Crippen LogP contribution in [-0.4, -0.2) is 46.1 Å². The fourth-order valence-corrected chi connectivity index (χ4v) is 3.04. The van der Waals surface area contributed by atoms with Crippen molar-refractivity contribution in [3.63, 3.8) is 0 Å². The van der Waals surface area contributed by atoms with Crippen molar-refractivity contribution in [1.82, 2.24) is 5.32 Å². The monoisotopic (exact) mass is 443 g/mol. The number of nitrogens with two attached hydrogens (primary N) is 2. The van der Waals surface area contributed by atoms with E-state index in [1.54, 1.807) is 48.5 Å². The second-order valence-corrected chi connectivity index (χ2v) is 7.08. The summed E-state index contributed by atoms with van der Waals surface area (Å²) in [7, 11) is 0. The number of hydrogen-bond acceptors (Lipinski definition) is 7. The molecule has 0 radical (unpaired) electrons. The summed E-state index contributed by atoms with van der Waals surface area (Å²) in [4.78, 5) is 48.1. The van der Waals surface area contributed by atoms with Gasteiger partial charge in [0.05, 0.1) is 18.5 Å². The van der Waals surface area contributed by atoms with Crippen molar-refractivity contribution in [2.24, 2.45) is 17.4 Å². The van der Waals surface area contributed by atoms with Gasteiger partial charge in [0.1, 0.15) is 12.5 Å². The van der Waals surface area contributed by atoms with Crippen LogP contribution in [0.15, 0.2) is 60.7 Å². The normalized spacial score (nSPS) is 14.4. The Kier molecular flexibility index (Phi) is 8.87. The van der Waals surface area contributed by atoms with Gasteiger partial charge in [-0.25, -0.2) is 4.79 Å². The summed E-state index contributed by atoms with van der Waals surface area (Å²) >= 11 is 0. The average molecular weight is 443 g/mol. The SMILES string of the molecule is NC(=O)C[C@@H](N)C(=O)NC(c1ccccc1)[C@H](C(=O)OCc1ccccc1)[C@H](O)C(=O)O. The molecule has 0 saturated carbocycles. The summed E-state index contributed by atoms with van der Waals surface area (Å²) in [5.74, 6) is -6.09. The van der Waals surface area contributed by atoms with Crippen LogP contribution in [0.5, 0.6) is 0 Å². The lowest BCUT2D eigenvalue weighted by molar-refractivity contribution is -0.166. The van der Waals surface area contributed by atoms with Gasteiger partial charge in [-0.2, -0.15) is 0 Å². The van der Waals surface area contributed by atoms with Gasteiger partial charge >= 0.3 is 11.9 Å². The predicted octanol–water partition coefficient (Wildman–Crippen LogP) is -0.148. The van der Waals surface area contributed by atoms with Crippen LogP contribution in [0, 0.1) is 5.92 Å². The van der Waals surface area contributed by atoms with Crippen molar-refractivity contribution in [3.8, 4) is 0 Å². The van der Waals surface area contributed by atoms with E-state index in [0.717, 1.165) is 0 Å². The molecule has 0 spiro atoms. The van der Waals surface area contributed by atoms with Gasteiger partial charge in [-0.3, -0.25) is 14.4 Å². The number of nitrogens with one attached hydrogen (secondary N) is 1. The van der Waals surface area contributed by atoms with E-state index in [-0.39, 0.29) is 6.61 Å². The summed E-state index contributed by atoms with van der Waals surface area (Å²) < 4.78 is 5.25. The number of amides is 2. The summed E-state index contributed by atoms with van der Waals surface area (Å²) in [6.07, 6.45) is -2.66. The highest BCUT2D eigenvalue weighted by Gasteiger charge is 2.42. The van der Waals surface area contributed by atoms with Gasteiger partial charge in [0.25, 0.3) is 0 Å². The summed E-state index contributed by atoms with van der Waals surface area (Å²) in [5.41, 5.74) is 11.7. The Bertz CT molecular complexity index is 937. The number of rotatable bonds is 11. The number of carbonyl (C=O) groups excluding carboxylic acids is 3. The molecule has 1 unspecified atom stereocenters. The molecule has 7 N–H and O–H groups in total. The third-order valence-corrected chi connectivity index (χ3v) is 4.66. The fourth-order valence-electron chi connectivity index (χ4n) is 3.04. The molecular weight excluding hydrogens is 418 g/mol. The molecule has 0 fully saturated rings. The van der Waals surface area contributed by atoms with Crippen molar-refractivity contribution in [2.75, 3.05) is 0 Å². The van der Waals surface area contributed by atoms with Crippen LogP contribution in [0.4, 0.5) is 0 Å². The molecule has 32 heavy (non-hydrogen) atoms. The Morgan fingerprint density at radius 2 is 1.53 bits per heavy atom. The Balaban J connectivity index is 2.35. The second-order valence-electron chi connectivity index (χ2n) is 7.08. The van der Waals surface area contributed by atoms with E-state index in [1.165, 1.54) is 12.1 Å². The minimum Gasteiger partial charge on any atom is -0.479 e. The molecule has 0 saturated heterocycles. The van der Waals surface area contributed by atoms with Crippen molar-refractivity contribution in [3.05, 3.63) is 71.8 Å². The minimum atomic E-state index is -2.20. The number of carboxylic acids is 1. The first-order chi connectivity index (χ1) is 15.2. The zero-order valence-electron chi connectivity index (χ0n) is 17.1. The summed E-state index contributed by atoms with van der Waals surface area (Å²) in [6.45, 7) is -0.168. The molecule has 170 valence electrons. The molecule has 0 aromatic heterocycles. The maximum Gasteiger partial charge on any atom is 0.333 e. The number of aliphatic hydroxyl groups excluding tert-OH is 1. The van der Waals surface area contributed by atoms with E-state index < -0.39 is 54.3 Å². The molecule has 10 nitrogen and oxygen atoms in total. The quantitative estimate of drug-likeness (QED) is 0.297. The minimum absolute atomic E-state index is 0.168. The number of benzene rings is 2. The van der Waals surface area contributed by atoms with E-state index in [9.17, 15) is 29.4 Å². The smallest absolute Gasteiger partial charge is 0.333 e. The molecule has 0 aliphatic heterocycles. The molecular formula is C22H25N3O7. The number of hydrogen-bond donors (Lipinski definition) is 5. The van der Waals surface area contributed by atoms with Crippen LogP contribution < -0.4 is 16.8 Å². The number of primary amides is 1. The highest BCUT2D eigenvalue weighted by molar-refractivity contribution is 5.89. The number of carbonyl (C=O) groups is 4. The van der Waals surface area contributed by atoms with Crippen molar-refractivity contribution in [1.29, 1.82) is 0 Å². The highest BCUT2D eigenvalue weighted by Crippen LogP contribution is 2.27. The van der Waals surface area contributed by atoms with Crippen LogP contribution >= 0.6 is 0 Å². The van der Waals surface area contributed by atoms with Gasteiger partial charge in [0, 0.05) is 0 Å². The number of esters is 1. The maximum absolute atomic E-state index is 12.9. The third-order valence-electron chi connectivity index (χ3n) is 4.66. The second kappa shape index (κ2) is 11.6. The van der Waals surface area contributed by atoms with E-state index in [0.29, 0.717) is 11.1 Å². The van der Waals surface area contributed by atoms with E-state index in [4.69, 9.17) is 16.2 Å². The Labute approximate surface area is 184 Å². The zero-order chi connectivity index (χ0) is 23.7. The van der Waals surface area contributed by atoms with E-state index in [2.05, 4.69) is 5.32 Å². The van der Waals surface area contributed by atoms with Crippen molar-refractivity contribution in [2.45, 2.75) is 31.2 Å². The number of ether oxygens (including phenoxy) is 1.